The Kier molecular flexibility index (Phi) is 5.02. The third-order valence-electron chi connectivity index (χ3n) is 2.99. The van der Waals surface area contributed by atoms with Crippen LogP contribution in [0.1, 0.15) is 15.4 Å². The van der Waals surface area contributed by atoms with Crippen LogP contribution < -0.4 is 10.1 Å². The number of hydrogen-bond donors (Lipinski definition) is 1. The van der Waals surface area contributed by atoms with E-state index in [1.807, 2.05) is 0 Å². The van der Waals surface area contributed by atoms with Crippen molar-refractivity contribution in [2.75, 3.05) is 5.32 Å². The van der Waals surface area contributed by atoms with E-state index in [4.69, 9.17) is 16.3 Å². The summed E-state index contributed by atoms with van der Waals surface area (Å²) >= 11 is 7.12. The van der Waals surface area contributed by atoms with E-state index in [-0.39, 0.29) is 18.3 Å². The zero-order chi connectivity index (χ0) is 16.9. The number of hydrogen-bond acceptors (Lipinski definition) is 5. The first-order chi connectivity index (χ1) is 11.6. The van der Waals surface area contributed by atoms with Gasteiger partial charge < -0.3 is 4.74 Å². The summed E-state index contributed by atoms with van der Waals surface area (Å²) in [4.78, 5) is 12.1. The first-order valence-corrected chi connectivity index (χ1v) is 8.08. The van der Waals surface area contributed by atoms with E-state index < -0.39 is 5.82 Å². The van der Waals surface area contributed by atoms with Crippen LogP contribution in [0.5, 0.6) is 5.75 Å². The van der Waals surface area contributed by atoms with Crippen LogP contribution in [-0.2, 0) is 6.61 Å². The van der Waals surface area contributed by atoms with E-state index in [0.29, 0.717) is 20.7 Å². The highest BCUT2D eigenvalue weighted by molar-refractivity contribution is 7.15. The molecule has 1 amide bonds. The third kappa shape index (κ3) is 3.87. The van der Waals surface area contributed by atoms with Gasteiger partial charge >= 0.3 is 0 Å². The van der Waals surface area contributed by atoms with Crippen molar-refractivity contribution in [1.29, 1.82) is 0 Å². The molecule has 0 saturated heterocycles. The van der Waals surface area contributed by atoms with Crippen molar-refractivity contribution in [3.8, 4) is 5.75 Å². The lowest BCUT2D eigenvalue weighted by molar-refractivity contribution is 0.102. The maximum absolute atomic E-state index is 13.5. The molecule has 122 valence electrons. The van der Waals surface area contributed by atoms with Gasteiger partial charge in [-0.05, 0) is 24.3 Å². The van der Waals surface area contributed by atoms with Gasteiger partial charge in [0.1, 0.15) is 6.61 Å². The Labute approximate surface area is 146 Å². The normalized spacial score (nSPS) is 10.4. The molecule has 3 aromatic rings. The van der Waals surface area contributed by atoms with Crippen LogP contribution in [0, 0.1) is 5.82 Å². The molecule has 5 nitrogen and oxygen atoms in total. The molecule has 2 aromatic carbocycles. The second-order valence-corrected chi connectivity index (χ2v) is 6.12. The summed E-state index contributed by atoms with van der Waals surface area (Å²) in [6, 6.07) is 12.8. The van der Waals surface area contributed by atoms with Crippen LogP contribution in [0.4, 0.5) is 9.52 Å². The highest BCUT2D eigenvalue weighted by Crippen LogP contribution is 2.22. The minimum atomic E-state index is -0.450. The zero-order valence-corrected chi connectivity index (χ0v) is 13.8. The van der Waals surface area contributed by atoms with E-state index in [0.717, 1.165) is 11.3 Å². The van der Waals surface area contributed by atoms with Crippen LogP contribution in [-0.4, -0.2) is 16.1 Å². The second-order valence-electron chi connectivity index (χ2n) is 4.65. The fraction of sp³-hybridized carbons (Fsp3) is 0.0625. The topological polar surface area (TPSA) is 64.1 Å². The number of anilines is 1. The van der Waals surface area contributed by atoms with Gasteiger partial charge in [-0.25, -0.2) is 4.39 Å². The monoisotopic (exact) mass is 363 g/mol. The van der Waals surface area contributed by atoms with Crippen molar-refractivity contribution in [2.24, 2.45) is 0 Å². The van der Waals surface area contributed by atoms with Crippen molar-refractivity contribution in [2.45, 2.75) is 6.61 Å². The summed E-state index contributed by atoms with van der Waals surface area (Å²) in [5.41, 5.74) is 0.346. The predicted molar refractivity (Wildman–Crippen MR) is 90.0 cm³/mol. The fourth-order valence-corrected chi connectivity index (χ4v) is 2.74. The molecule has 0 fully saturated rings. The Morgan fingerprint density at radius 2 is 1.92 bits per heavy atom. The minimum absolute atomic E-state index is 0.0561. The first-order valence-electron chi connectivity index (χ1n) is 6.89. The van der Waals surface area contributed by atoms with Gasteiger partial charge in [0.2, 0.25) is 5.13 Å². The van der Waals surface area contributed by atoms with Crippen molar-refractivity contribution in [1.82, 2.24) is 10.2 Å². The molecule has 0 radical (unpaired) electrons. The lowest BCUT2D eigenvalue weighted by Gasteiger charge is -2.04. The number of carbonyl (C=O) groups is 1. The molecule has 1 aromatic heterocycles. The molecule has 0 atom stereocenters. The fourth-order valence-electron chi connectivity index (χ4n) is 1.87. The summed E-state index contributed by atoms with van der Waals surface area (Å²) in [5, 5.41) is 11.6. The molecular weight excluding hydrogens is 353 g/mol. The van der Waals surface area contributed by atoms with Crippen molar-refractivity contribution in [3.63, 3.8) is 0 Å². The number of benzene rings is 2. The van der Waals surface area contributed by atoms with E-state index in [1.54, 1.807) is 36.4 Å². The Bertz CT molecular complexity index is 872. The third-order valence-corrected chi connectivity index (χ3v) is 4.14. The molecule has 0 saturated carbocycles. The number of halogens is 2. The van der Waals surface area contributed by atoms with E-state index in [2.05, 4.69) is 15.5 Å². The standard InChI is InChI=1S/C16H11ClFN3O2S/c17-11-6-2-1-5-10(11)15(22)19-16-21-20-14(24-16)9-23-13-8-4-3-7-12(13)18/h1-8H,9H2,(H,19,21,22). The summed E-state index contributed by atoms with van der Waals surface area (Å²) < 4.78 is 18.8. The van der Waals surface area contributed by atoms with E-state index in [1.165, 1.54) is 12.1 Å². The number of nitrogens with one attached hydrogen (secondary N) is 1. The Morgan fingerprint density at radius 3 is 2.71 bits per heavy atom. The quantitative estimate of drug-likeness (QED) is 0.739. The van der Waals surface area contributed by atoms with Gasteiger partial charge in [-0.15, -0.1) is 10.2 Å². The summed E-state index contributed by atoms with van der Waals surface area (Å²) in [6.07, 6.45) is 0. The van der Waals surface area contributed by atoms with Gasteiger partial charge in [0.25, 0.3) is 5.91 Å². The number of nitrogens with zero attached hydrogens (tertiary/aromatic N) is 2. The Balaban J connectivity index is 1.63. The molecule has 3 rings (SSSR count). The highest BCUT2D eigenvalue weighted by Gasteiger charge is 2.13. The van der Waals surface area contributed by atoms with Crippen LogP contribution in [0.15, 0.2) is 48.5 Å². The molecule has 0 spiro atoms. The lowest BCUT2D eigenvalue weighted by atomic mass is 10.2. The molecule has 0 aliphatic rings. The molecule has 1 N–H and O–H groups in total. The predicted octanol–water partition coefficient (Wildman–Crippen LogP) is 4.16. The SMILES string of the molecule is O=C(Nc1nnc(COc2ccccc2F)s1)c1ccccc1Cl. The van der Waals surface area contributed by atoms with Gasteiger partial charge in [-0.3, -0.25) is 10.1 Å². The van der Waals surface area contributed by atoms with Crippen LogP contribution in [0.2, 0.25) is 5.02 Å². The number of para-hydroxylation sites is 1. The van der Waals surface area contributed by atoms with E-state index in [9.17, 15) is 9.18 Å². The van der Waals surface area contributed by atoms with Crippen molar-refractivity contribution >= 4 is 34.0 Å². The number of ether oxygens (including phenoxy) is 1. The van der Waals surface area contributed by atoms with Gasteiger partial charge in [-0.1, -0.05) is 47.2 Å². The maximum atomic E-state index is 13.5. The van der Waals surface area contributed by atoms with Crippen LogP contribution in [0.25, 0.3) is 0 Å². The zero-order valence-electron chi connectivity index (χ0n) is 12.2. The molecule has 0 unspecified atom stereocenters. The number of amides is 1. The van der Waals surface area contributed by atoms with Crippen molar-refractivity contribution < 1.29 is 13.9 Å². The molecule has 0 bridgehead atoms. The largest absolute Gasteiger partial charge is 0.483 e. The van der Waals surface area contributed by atoms with E-state index >= 15 is 0 Å². The van der Waals surface area contributed by atoms with Crippen LogP contribution in [0.3, 0.4) is 0 Å². The molecule has 0 aliphatic carbocycles. The highest BCUT2D eigenvalue weighted by atomic mass is 35.5. The summed E-state index contributed by atoms with van der Waals surface area (Å²) in [7, 11) is 0. The van der Waals surface area contributed by atoms with Crippen LogP contribution >= 0.6 is 22.9 Å². The number of rotatable bonds is 5. The summed E-state index contributed by atoms with van der Waals surface area (Å²) in [5.74, 6) is -0.693. The number of carbonyl (C=O) groups excluding carboxylic acids is 1. The number of aromatic nitrogens is 2. The van der Waals surface area contributed by atoms with Gasteiger partial charge in [0, 0.05) is 0 Å². The van der Waals surface area contributed by atoms with Crippen molar-refractivity contribution in [3.05, 3.63) is 69.9 Å². The summed E-state index contributed by atoms with van der Waals surface area (Å²) in [6.45, 7) is 0.0561. The average Bonchev–Trinajstić information content (AvgIpc) is 3.02. The van der Waals surface area contributed by atoms with Gasteiger partial charge in [0.05, 0.1) is 10.6 Å². The Hall–Kier alpha value is -2.51. The first kappa shape index (κ1) is 16.4. The second kappa shape index (κ2) is 7.37. The molecule has 24 heavy (non-hydrogen) atoms. The molecule has 1 heterocycles. The molecular formula is C16H11ClFN3O2S. The van der Waals surface area contributed by atoms with Gasteiger partial charge in [-0.2, -0.15) is 0 Å². The van der Waals surface area contributed by atoms with Gasteiger partial charge in [0.15, 0.2) is 16.6 Å². The Morgan fingerprint density at radius 1 is 1.17 bits per heavy atom. The maximum Gasteiger partial charge on any atom is 0.259 e. The average molecular weight is 364 g/mol. The lowest BCUT2D eigenvalue weighted by Crippen LogP contribution is -2.12. The molecule has 8 heteroatoms. The minimum Gasteiger partial charge on any atom is -0.483 e. The molecule has 0 aliphatic heterocycles. The smallest absolute Gasteiger partial charge is 0.259 e.